The third-order valence-corrected chi connectivity index (χ3v) is 5.06. The predicted molar refractivity (Wildman–Crippen MR) is 108 cm³/mol. The number of thiophene rings is 1. The first kappa shape index (κ1) is 16.7. The largest absolute Gasteiger partial charge is 0.351 e. The second-order valence-electron chi connectivity index (χ2n) is 5.77. The van der Waals surface area contributed by atoms with Gasteiger partial charge >= 0.3 is 0 Å². The lowest BCUT2D eigenvalue weighted by atomic mass is 10.0. The summed E-state index contributed by atoms with van der Waals surface area (Å²) in [6.45, 7) is 4.17. The summed E-state index contributed by atoms with van der Waals surface area (Å²) in [6.07, 6.45) is 0. The fourth-order valence-corrected chi connectivity index (χ4v) is 3.57. The van der Waals surface area contributed by atoms with E-state index < -0.39 is 0 Å². The highest BCUT2D eigenvalue weighted by atomic mass is 32.1. The zero-order valence-electron chi connectivity index (χ0n) is 13.7. The molecular weight excluding hydrogens is 332 g/mol. The molecule has 0 bridgehead atoms. The lowest BCUT2D eigenvalue weighted by molar-refractivity contribution is 0.784. The first-order chi connectivity index (χ1) is 11.6. The minimum atomic E-state index is 0.0506. The molecule has 0 fully saturated rings. The Kier molecular flexibility index (Phi) is 5.28. The van der Waals surface area contributed by atoms with E-state index in [-0.39, 0.29) is 6.04 Å². The van der Waals surface area contributed by atoms with Crippen molar-refractivity contribution in [1.29, 1.82) is 0 Å². The SMILES string of the molecule is Cc1ccc([C@H](NC(=S)Nc2ccccc2C)c2cccs2)cc1. The Balaban J connectivity index is 1.81. The molecule has 0 saturated carbocycles. The highest BCUT2D eigenvalue weighted by Crippen LogP contribution is 2.26. The van der Waals surface area contributed by atoms with Crippen molar-refractivity contribution in [2.75, 3.05) is 5.32 Å². The molecule has 0 radical (unpaired) electrons. The molecule has 0 aliphatic heterocycles. The second kappa shape index (κ2) is 7.60. The summed E-state index contributed by atoms with van der Waals surface area (Å²) in [5.41, 5.74) is 4.66. The molecule has 2 nitrogen and oxygen atoms in total. The normalized spacial score (nSPS) is 11.8. The summed E-state index contributed by atoms with van der Waals surface area (Å²) in [5, 5.41) is 9.49. The molecule has 122 valence electrons. The third kappa shape index (κ3) is 4.02. The Morgan fingerprint density at radius 3 is 2.38 bits per heavy atom. The highest BCUT2D eigenvalue weighted by molar-refractivity contribution is 7.80. The van der Waals surface area contributed by atoms with Crippen LogP contribution in [0.15, 0.2) is 66.0 Å². The monoisotopic (exact) mass is 352 g/mol. The van der Waals surface area contributed by atoms with Gasteiger partial charge in [-0.1, -0.05) is 54.1 Å². The lowest BCUT2D eigenvalue weighted by Crippen LogP contribution is -2.32. The van der Waals surface area contributed by atoms with E-state index in [4.69, 9.17) is 12.2 Å². The summed E-state index contributed by atoms with van der Waals surface area (Å²) in [6, 6.07) is 21.0. The number of nitrogens with one attached hydrogen (secondary N) is 2. The van der Waals surface area contributed by atoms with Gasteiger partial charge in [0.2, 0.25) is 0 Å². The lowest BCUT2D eigenvalue weighted by Gasteiger charge is -2.21. The van der Waals surface area contributed by atoms with Crippen LogP contribution in [-0.2, 0) is 0 Å². The Labute approximate surface area is 152 Å². The van der Waals surface area contributed by atoms with E-state index >= 15 is 0 Å². The molecule has 1 aromatic heterocycles. The molecule has 2 N–H and O–H groups in total. The minimum Gasteiger partial charge on any atom is -0.351 e. The Morgan fingerprint density at radius 1 is 0.958 bits per heavy atom. The Hall–Kier alpha value is -2.17. The number of thiocarbonyl (C=S) groups is 1. The number of hydrogen-bond donors (Lipinski definition) is 2. The van der Waals surface area contributed by atoms with Crippen LogP contribution in [0, 0.1) is 13.8 Å². The van der Waals surface area contributed by atoms with E-state index in [0.717, 1.165) is 5.69 Å². The van der Waals surface area contributed by atoms with Crippen molar-refractivity contribution in [1.82, 2.24) is 5.32 Å². The van der Waals surface area contributed by atoms with E-state index in [1.807, 2.05) is 18.2 Å². The van der Waals surface area contributed by atoms with Gasteiger partial charge in [0.15, 0.2) is 5.11 Å². The molecule has 24 heavy (non-hydrogen) atoms. The van der Waals surface area contributed by atoms with Crippen molar-refractivity contribution in [2.24, 2.45) is 0 Å². The first-order valence-electron chi connectivity index (χ1n) is 7.86. The topological polar surface area (TPSA) is 24.1 Å². The van der Waals surface area contributed by atoms with Crippen LogP contribution in [0.4, 0.5) is 5.69 Å². The number of rotatable bonds is 4. The molecule has 1 heterocycles. The maximum atomic E-state index is 5.55. The Bertz CT molecular complexity index is 808. The molecule has 0 spiro atoms. The maximum Gasteiger partial charge on any atom is 0.171 e. The summed E-state index contributed by atoms with van der Waals surface area (Å²) in [4.78, 5) is 1.24. The van der Waals surface area contributed by atoms with E-state index in [1.165, 1.54) is 21.6 Å². The van der Waals surface area contributed by atoms with Crippen molar-refractivity contribution in [3.8, 4) is 0 Å². The average molecular weight is 353 g/mol. The van der Waals surface area contributed by atoms with E-state index in [9.17, 15) is 0 Å². The van der Waals surface area contributed by atoms with E-state index in [2.05, 4.69) is 72.3 Å². The molecule has 3 rings (SSSR count). The smallest absolute Gasteiger partial charge is 0.171 e. The molecule has 0 saturated heterocycles. The molecule has 2 aromatic carbocycles. The van der Waals surface area contributed by atoms with Crippen molar-refractivity contribution < 1.29 is 0 Å². The summed E-state index contributed by atoms with van der Waals surface area (Å²) in [5.74, 6) is 0. The van der Waals surface area contributed by atoms with Crippen LogP contribution in [0.3, 0.4) is 0 Å². The summed E-state index contributed by atoms with van der Waals surface area (Å²) in [7, 11) is 0. The van der Waals surface area contributed by atoms with Gasteiger partial charge in [0, 0.05) is 10.6 Å². The van der Waals surface area contributed by atoms with E-state index in [1.54, 1.807) is 11.3 Å². The van der Waals surface area contributed by atoms with Crippen molar-refractivity contribution in [3.63, 3.8) is 0 Å². The molecule has 0 aliphatic carbocycles. The predicted octanol–water partition coefficient (Wildman–Crippen LogP) is 5.44. The number of anilines is 1. The van der Waals surface area contributed by atoms with Crippen LogP contribution < -0.4 is 10.6 Å². The van der Waals surface area contributed by atoms with Gasteiger partial charge in [0.25, 0.3) is 0 Å². The first-order valence-corrected chi connectivity index (χ1v) is 9.15. The van der Waals surface area contributed by atoms with Crippen molar-refractivity contribution in [3.05, 3.63) is 87.6 Å². The van der Waals surface area contributed by atoms with Gasteiger partial charge < -0.3 is 10.6 Å². The Morgan fingerprint density at radius 2 is 1.71 bits per heavy atom. The quantitative estimate of drug-likeness (QED) is 0.611. The minimum absolute atomic E-state index is 0.0506. The van der Waals surface area contributed by atoms with Crippen LogP contribution in [-0.4, -0.2) is 5.11 Å². The van der Waals surface area contributed by atoms with Gasteiger partial charge in [-0.15, -0.1) is 11.3 Å². The van der Waals surface area contributed by atoms with Crippen LogP contribution in [0.25, 0.3) is 0 Å². The van der Waals surface area contributed by atoms with Gasteiger partial charge in [0.1, 0.15) is 0 Å². The molecule has 0 unspecified atom stereocenters. The molecular formula is C20H20N2S2. The van der Waals surface area contributed by atoms with Crippen molar-refractivity contribution in [2.45, 2.75) is 19.9 Å². The molecule has 4 heteroatoms. The van der Waals surface area contributed by atoms with Gasteiger partial charge in [0.05, 0.1) is 6.04 Å². The van der Waals surface area contributed by atoms with Crippen LogP contribution in [0.5, 0.6) is 0 Å². The summed E-state index contributed by atoms with van der Waals surface area (Å²) >= 11 is 7.29. The third-order valence-electron chi connectivity index (χ3n) is 3.91. The highest BCUT2D eigenvalue weighted by Gasteiger charge is 2.16. The van der Waals surface area contributed by atoms with Gasteiger partial charge in [-0.05, 0) is 54.7 Å². The fourth-order valence-electron chi connectivity index (χ4n) is 2.54. The van der Waals surface area contributed by atoms with Crippen LogP contribution >= 0.6 is 23.6 Å². The van der Waals surface area contributed by atoms with E-state index in [0.29, 0.717) is 5.11 Å². The molecule has 1 atom stereocenters. The molecule has 3 aromatic rings. The zero-order valence-corrected chi connectivity index (χ0v) is 15.4. The number of benzene rings is 2. The number of para-hydroxylation sites is 1. The summed E-state index contributed by atoms with van der Waals surface area (Å²) < 4.78 is 0. The zero-order chi connectivity index (χ0) is 16.9. The number of hydrogen-bond acceptors (Lipinski definition) is 2. The molecule has 0 aliphatic rings. The fraction of sp³-hybridized carbons (Fsp3) is 0.150. The van der Waals surface area contributed by atoms with Crippen LogP contribution in [0.1, 0.15) is 27.6 Å². The standard InChI is InChI=1S/C20H20N2S2/c1-14-9-11-16(12-10-14)19(18-8-5-13-24-18)22-20(23)21-17-7-4-3-6-15(17)2/h3-13,19H,1-2H3,(H2,21,22,23)/t19-/m0/s1. The van der Waals surface area contributed by atoms with Crippen LogP contribution in [0.2, 0.25) is 0 Å². The maximum absolute atomic E-state index is 5.55. The van der Waals surface area contributed by atoms with Gasteiger partial charge in [-0.3, -0.25) is 0 Å². The second-order valence-corrected chi connectivity index (χ2v) is 7.16. The van der Waals surface area contributed by atoms with Gasteiger partial charge in [-0.2, -0.15) is 0 Å². The van der Waals surface area contributed by atoms with Gasteiger partial charge in [-0.25, -0.2) is 0 Å². The van der Waals surface area contributed by atoms with Crippen molar-refractivity contribution >= 4 is 34.4 Å². The average Bonchev–Trinajstić information content (AvgIpc) is 3.10. The number of aryl methyl sites for hydroxylation is 2. The molecule has 0 amide bonds.